The fraction of sp³-hybridized carbons (Fsp3) is 0.611. The zero-order valence-electron chi connectivity index (χ0n) is 15.7. The Morgan fingerprint density at radius 1 is 1.17 bits per heavy atom. The lowest BCUT2D eigenvalue weighted by Gasteiger charge is -2.32. The van der Waals surface area contributed by atoms with Crippen molar-refractivity contribution in [3.63, 3.8) is 0 Å². The van der Waals surface area contributed by atoms with Crippen LogP contribution < -0.4 is 5.46 Å². The first-order valence-corrected chi connectivity index (χ1v) is 9.32. The largest absolute Gasteiger partial charge is 0.494 e. The van der Waals surface area contributed by atoms with Crippen LogP contribution in [0.5, 0.6) is 0 Å². The van der Waals surface area contributed by atoms with Gasteiger partial charge in [0.1, 0.15) is 0 Å². The highest BCUT2D eigenvalue weighted by Gasteiger charge is 2.51. The number of benzene rings is 1. The molecule has 3 rings (SSSR count). The number of aromatic nitrogens is 1. The number of nitrogens with zero attached hydrogens (tertiary/aromatic N) is 2. The van der Waals surface area contributed by atoms with Gasteiger partial charge in [-0.3, -0.25) is 0 Å². The van der Waals surface area contributed by atoms with E-state index in [-0.39, 0.29) is 18.3 Å². The lowest BCUT2D eigenvalue weighted by molar-refractivity contribution is 0.00578. The summed E-state index contributed by atoms with van der Waals surface area (Å²) in [5.74, 6) is 0. The highest BCUT2D eigenvalue weighted by atomic mass is 32.1. The lowest BCUT2D eigenvalue weighted by atomic mass is 9.79. The second-order valence-corrected chi connectivity index (χ2v) is 9.05. The van der Waals surface area contributed by atoms with E-state index in [1.165, 1.54) is 9.71 Å². The van der Waals surface area contributed by atoms with Gasteiger partial charge in [-0.05, 0) is 66.3 Å². The van der Waals surface area contributed by atoms with E-state index >= 15 is 0 Å². The first-order chi connectivity index (χ1) is 11.1. The molecule has 0 radical (unpaired) electrons. The molecule has 0 saturated carbocycles. The van der Waals surface area contributed by atoms with Crippen molar-refractivity contribution in [1.82, 2.24) is 9.88 Å². The summed E-state index contributed by atoms with van der Waals surface area (Å²) in [6.07, 6.45) is 0.970. The molecule has 0 N–H and O–H groups in total. The fourth-order valence-electron chi connectivity index (χ4n) is 2.64. The average Bonchev–Trinajstić information content (AvgIpc) is 2.95. The Bertz CT molecular complexity index is 726. The molecule has 1 atom stereocenters. The summed E-state index contributed by atoms with van der Waals surface area (Å²) in [5.41, 5.74) is 1.44. The van der Waals surface area contributed by atoms with Gasteiger partial charge < -0.3 is 14.2 Å². The molecular formula is C18H27BN2O2S. The van der Waals surface area contributed by atoms with E-state index < -0.39 is 0 Å². The highest BCUT2D eigenvalue weighted by molar-refractivity contribution is 7.18. The molecule has 6 heteroatoms. The molecule has 2 aromatic rings. The molecule has 24 heavy (non-hydrogen) atoms. The van der Waals surface area contributed by atoms with Crippen molar-refractivity contribution in [2.24, 2.45) is 0 Å². The van der Waals surface area contributed by atoms with E-state index in [4.69, 9.17) is 14.3 Å². The van der Waals surface area contributed by atoms with Crippen LogP contribution in [0.2, 0.25) is 0 Å². The van der Waals surface area contributed by atoms with Gasteiger partial charge in [-0.25, -0.2) is 4.98 Å². The van der Waals surface area contributed by atoms with Crippen LogP contribution in [0.25, 0.3) is 10.2 Å². The van der Waals surface area contributed by atoms with Gasteiger partial charge in [0.25, 0.3) is 0 Å². The monoisotopic (exact) mass is 346 g/mol. The van der Waals surface area contributed by atoms with Crippen LogP contribution in [0, 0.1) is 0 Å². The third-order valence-corrected chi connectivity index (χ3v) is 6.39. The van der Waals surface area contributed by atoms with Gasteiger partial charge in [-0.15, -0.1) is 11.3 Å². The SMILES string of the molecule is CC(Cc1nc2cc(B3OC(C)(C)C(C)(C)O3)ccc2s1)N(C)C. The number of fused-ring (bicyclic) bond motifs is 1. The van der Waals surface area contributed by atoms with Crippen LogP contribution in [0.4, 0.5) is 0 Å². The third kappa shape index (κ3) is 3.25. The Morgan fingerprint density at radius 2 is 1.79 bits per heavy atom. The average molecular weight is 346 g/mol. The van der Waals surface area contributed by atoms with E-state index in [0.717, 1.165) is 17.4 Å². The fourth-order valence-corrected chi connectivity index (χ4v) is 3.71. The number of hydrogen-bond acceptors (Lipinski definition) is 5. The molecule has 1 aliphatic rings. The highest BCUT2D eigenvalue weighted by Crippen LogP contribution is 2.36. The van der Waals surface area contributed by atoms with Gasteiger partial charge in [0.15, 0.2) is 0 Å². The van der Waals surface area contributed by atoms with E-state index in [0.29, 0.717) is 6.04 Å². The van der Waals surface area contributed by atoms with Gasteiger partial charge in [0.2, 0.25) is 0 Å². The smallest absolute Gasteiger partial charge is 0.399 e. The maximum absolute atomic E-state index is 6.15. The maximum atomic E-state index is 6.15. The van der Waals surface area contributed by atoms with Gasteiger partial charge in [0, 0.05) is 12.5 Å². The first kappa shape index (κ1) is 17.9. The minimum Gasteiger partial charge on any atom is -0.399 e. The predicted octanol–water partition coefficient (Wildman–Crippen LogP) is 3.09. The summed E-state index contributed by atoms with van der Waals surface area (Å²) in [5, 5.41) is 1.18. The van der Waals surface area contributed by atoms with Crippen molar-refractivity contribution < 1.29 is 9.31 Å². The molecule has 1 aromatic heterocycles. The van der Waals surface area contributed by atoms with Crippen molar-refractivity contribution in [3.8, 4) is 0 Å². The Labute approximate surface area is 149 Å². The second kappa shape index (κ2) is 6.09. The van der Waals surface area contributed by atoms with Crippen LogP contribution >= 0.6 is 11.3 Å². The van der Waals surface area contributed by atoms with Crippen LogP contribution in [0.15, 0.2) is 18.2 Å². The van der Waals surface area contributed by atoms with Gasteiger partial charge in [-0.2, -0.15) is 0 Å². The zero-order valence-corrected chi connectivity index (χ0v) is 16.5. The summed E-state index contributed by atoms with van der Waals surface area (Å²) >= 11 is 1.77. The number of hydrogen-bond donors (Lipinski definition) is 0. The summed E-state index contributed by atoms with van der Waals surface area (Å²) in [4.78, 5) is 7.04. The van der Waals surface area contributed by atoms with E-state index in [1.54, 1.807) is 11.3 Å². The summed E-state index contributed by atoms with van der Waals surface area (Å²) < 4.78 is 13.5. The molecule has 1 aromatic carbocycles. The summed E-state index contributed by atoms with van der Waals surface area (Å²) in [7, 11) is 3.88. The minimum atomic E-state index is -0.328. The van der Waals surface area contributed by atoms with Crippen molar-refractivity contribution in [2.75, 3.05) is 14.1 Å². The number of rotatable bonds is 4. The van der Waals surface area contributed by atoms with E-state index in [2.05, 4.69) is 71.8 Å². The first-order valence-electron chi connectivity index (χ1n) is 8.50. The molecule has 2 heterocycles. The lowest BCUT2D eigenvalue weighted by Crippen LogP contribution is -2.41. The van der Waals surface area contributed by atoms with Crippen LogP contribution in [-0.2, 0) is 15.7 Å². The van der Waals surface area contributed by atoms with Crippen LogP contribution in [0.3, 0.4) is 0 Å². The number of likely N-dealkylation sites (N-methyl/N-ethyl adjacent to an activating group) is 1. The van der Waals surface area contributed by atoms with E-state index in [9.17, 15) is 0 Å². The molecule has 1 saturated heterocycles. The molecule has 0 spiro atoms. The number of thiazole rings is 1. The normalized spacial score (nSPS) is 20.9. The van der Waals surface area contributed by atoms with Crippen molar-refractivity contribution in [3.05, 3.63) is 23.2 Å². The van der Waals surface area contributed by atoms with Gasteiger partial charge in [0.05, 0.1) is 26.4 Å². The minimum absolute atomic E-state index is 0.318. The van der Waals surface area contributed by atoms with Gasteiger partial charge >= 0.3 is 7.12 Å². The molecule has 1 fully saturated rings. The molecule has 130 valence electrons. The molecule has 1 unspecified atom stereocenters. The molecule has 0 amide bonds. The Morgan fingerprint density at radius 3 is 2.38 bits per heavy atom. The van der Waals surface area contributed by atoms with Crippen molar-refractivity contribution in [2.45, 2.75) is 58.3 Å². The topological polar surface area (TPSA) is 34.6 Å². The predicted molar refractivity (Wildman–Crippen MR) is 102 cm³/mol. The van der Waals surface area contributed by atoms with E-state index in [1.807, 2.05) is 0 Å². The Balaban J connectivity index is 1.85. The molecule has 0 bridgehead atoms. The van der Waals surface area contributed by atoms with Gasteiger partial charge in [-0.1, -0.05) is 6.07 Å². The Kier molecular flexibility index (Phi) is 4.54. The van der Waals surface area contributed by atoms with Crippen molar-refractivity contribution in [1.29, 1.82) is 0 Å². The molecule has 0 aliphatic carbocycles. The summed E-state index contributed by atoms with van der Waals surface area (Å²) in [6.45, 7) is 10.5. The maximum Gasteiger partial charge on any atom is 0.494 e. The summed E-state index contributed by atoms with van der Waals surface area (Å²) in [6, 6.07) is 6.82. The molecule has 1 aliphatic heterocycles. The third-order valence-electron chi connectivity index (χ3n) is 5.33. The standard InChI is InChI=1S/C18H27BN2O2S/c1-12(21(6)7)10-16-20-14-11-13(8-9-15(14)24-16)19-22-17(2,3)18(4,5)23-19/h8-9,11-12H,10H2,1-7H3. The molecule has 4 nitrogen and oxygen atoms in total. The quantitative estimate of drug-likeness (QED) is 0.797. The molecular weight excluding hydrogens is 319 g/mol. The van der Waals surface area contributed by atoms with Crippen LogP contribution in [0.1, 0.15) is 39.6 Å². The zero-order chi connectivity index (χ0) is 17.7. The van der Waals surface area contributed by atoms with Crippen molar-refractivity contribution >= 4 is 34.1 Å². The Hall–Kier alpha value is -0.945. The van der Waals surface area contributed by atoms with Crippen LogP contribution in [-0.4, -0.2) is 48.3 Å². The second-order valence-electron chi connectivity index (χ2n) is 7.94.